The van der Waals surface area contributed by atoms with Crippen LogP contribution in [-0.4, -0.2) is 4.83 Å². The van der Waals surface area contributed by atoms with E-state index in [1.165, 1.54) is 25.7 Å². The van der Waals surface area contributed by atoms with Gasteiger partial charge < -0.3 is 0 Å². The van der Waals surface area contributed by atoms with E-state index in [-0.39, 0.29) is 0 Å². The van der Waals surface area contributed by atoms with Crippen molar-refractivity contribution in [2.45, 2.75) is 44.4 Å². The average Bonchev–Trinajstić information content (AvgIpc) is 1.82. The molecule has 0 bridgehead atoms. The molecule has 0 spiro atoms. The van der Waals surface area contributed by atoms with Crippen LogP contribution in [0.5, 0.6) is 0 Å². The smallest absolute Gasteiger partial charge is 0.0174 e. The highest BCUT2D eigenvalue weighted by molar-refractivity contribution is 9.09. The van der Waals surface area contributed by atoms with E-state index in [2.05, 4.69) is 29.8 Å². The molecule has 60 valence electrons. The Morgan fingerprint density at radius 2 is 2.10 bits per heavy atom. The molecule has 1 fully saturated rings. The summed E-state index contributed by atoms with van der Waals surface area (Å²) in [7, 11) is 0. The lowest BCUT2D eigenvalue weighted by molar-refractivity contribution is 0.205. The molecule has 1 atom stereocenters. The third-order valence-electron chi connectivity index (χ3n) is 2.49. The van der Waals surface area contributed by atoms with Crippen molar-refractivity contribution in [2.24, 2.45) is 11.8 Å². The van der Waals surface area contributed by atoms with Crippen LogP contribution in [0, 0.1) is 11.8 Å². The molecule has 1 aliphatic rings. The summed E-state index contributed by atoms with van der Waals surface area (Å²) in [4.78, 5) is 0.814. The zero-order valence-corrected chi connectivity index (χ0v) is 8.52. The van der Waals surface area contributed by atoms with Crippen LogP contribution >= 0.6 is 15.9 Å². The van der Waals surface area contributed by atoms with Gasteiger partial charge >= 0.3 is 0 Å². The van der Waals surface area contributed by atoms with Gasteiger partial charge in [0, 0.05) is 4.83 Å². The van der Waals surface area contributed by atoms with Gasteiger partial charge in [0.05, 0.1) is 0 Å². The first-order chi connectivity index (χ1) is 4.74. The van der Waals surface area contributed by atoms with Crippen molar-refractivity contribution < 1.29 is 0 Å². The lowest BCUT2D eigenvalue weighted by Crippen LogP contribution is -2.28. The molecule has 1 aliphatic carbocycles. The number of hydrogen-bond acceptors (Lipinski definition) is 0. The molecule has 1 heteroatoms. The summed E-state index contributed by atoms with van der Waals surface area (Å²) in [6, 6.07) is 0. The van der Waals surface area contributed by atoms with E-state index < -0.39 is 0 Å². The molecule has 0 aliphatic heterocycles. The Morgan fingerprint density at radius 1 is 1.50 bits per heavy atom. The van der Waals surface area contributed by atoms with Crippen molar-refractivity contribution in [3.05, 3.63) is 0 Å². The van der Waals surface area contributed by atoms with E-state index >= 15 is 0 Å². The van der Waals surface area contributed by atoms with Gasteiger partial charge in [0.15, 0.2) is 0 Å². The van der Waals surface area contributed by atoms with Gasteiger partial charge in [-0.2, -0.15) is 0 Å². The van der Waals surface area contributed by atoms with E-state index in [0.29, 0.717) is 0 Å². The summed E-state index contributed by atoms with van der Waals surface area (Å²) in [6.07, 6.45) is 5.59. The van der Waals surface area contributed by atoms with Gasteiger partial charge in [-0.05, 0) is 31.1 Å². The summed E-state index contributed by atoms with van der Waals surface area (Å²) in [5.41, 5.74) is 0. The Morgan fingerprint density at radius 3 is 2.50 bits per heavy atom. The Bertz CT molecular complexity index is 92.1. The molecule has 1 saturated carbocycles. The minimum absolute atomic E-state index is 0.814. The topological polar surface area (TPSA) is 0 Å². The highest BCUT2D eigenvalue weighted by atomic mass is 79.9. The molecule has 0 aromatic heterocycles. The maximum absolute atomic E-state index is 3.74. The fraction of sp³-hybridized carbons (Fsp3) is 1.00. The van der Waals surface area contributed by atoms with Crippen LogP contribution < -0.4 is 0 Å². The van der Waals surface area contributed by atoms with Crippen LogP contribution in [0.15, 0.2) is 0 Å². The third kappa shape index (κ3) is 1.98. The molecule has 0 N–H and O–H groups in total. The monoisotopic (exact) mass is 204 g/mol. The van der Waals surface area contributed by atoms with Gasteiger partial charge in [0.2, 0.25) is 0 Å². The Labute approximate surface area is 72.5 Å². The van der Waals surface area contributed by atoms with E-state index in [1.807, 2.05) is 0 Å². The number of hydrogen-bond donors (Lipinski definition) is 0. The maximum atomic E-state index is 3.74. The van der Waals surface area contributed by atoms with E-state index in [1.54, 1.807) is 0 Å². The van der Waals surface area contributed by atoms with Crippen LogP contribution in [0.2, 0.25) is 0 Å². The van der Waals surface area contributed by atoms with E-state index in [0.717, 1.165) is 16.7 Å². The summed E-state index contributed by atoms with van der Waals surface area (Å²) >= 11 is 3.74. The van der Waals surface area contributed by atoms with Crippen molar-refractivity contribution in [2.75, 3.05) is 0 Å². The number of halogens is 1. The van der Waals surface area contributed by atoms with Crippen molar-refractivity contribution in [3.63, 3.8) is 0 Å². The second-order valence-corrected chi connectivity index (χ2v) is 4.82. The average molecular weight is 205 g/mol. The first-order valence-corrected chi connectivity index (χ1v) is 5.29. The Balaban J connectivity index is 2.11. The number of alkyl halides is 1. The first-order valence-electron chi connectivity index (χ1n) is 4.38. The van der Waals surface area contributed by atoms with Crippen molar-refractivity contribution in [1.82, 2.24) is 0 Å². The van der Waals surface area contributed by atoms with E-state index in [4.69, 9.17) is 0 Å². The van der Waals surface area contributed by atoms with Gasteiger partial charge in [0.1, 0.15) is 0 Å². The minimum Gasteiger partial charge on any atom is -0.0888 e. The maximum Gasteiger partial charge on any atom is 0.0174 e. The molecule has 0 aromatic rings. The fourth-order valence-corrected chi connectivity index (χ4v) is 2.66. The SMILES string of the molecule is CCCC(Br)C1CC(C)C1. The molecule has 0 nitrogen and oxygen atoms in total. The van der Waals surface area contributed by atoms with Crippen molar-refractivity contribution >= 4 is 15.9 Å². The summed E-state index contributed by atoms with van der Waals surface area (Å²) in [6.45, 7) is 4.61. The summed E-state index contributed by atoms with van der Waals surface area (Å²) in [5, 5.41) is 0. The highest BCUT2D eigenvalue weighted by Gasteiger charge is 2.30. The Hall–Kier alpha value is 0.480. The van der Waals surface area contributed by atoms with Crippen LogP contribution in [-0.2, 0) is 0 Å². The zero-order valence-electron chi connectivity index (χ0n) is 6.94. The van der Waals surface area contributed by atoms with Crippen LogP contribution in [0.4, 0.5) is 0 Å². The molecule has 1 unspecified atom stereocenters. The molecule has 10 heavy (non-hydrogen) atoms. The lowest BCUT2D eigenvalue weighted by atomic mass is 9.74. The van der Waals surface area contributed by atoms with Gasteiger partial charge in [-0.1, -0.05) is 36.2 Å². The van der Waals surface area contributed by atoms with Crippen LogP contribution in [0.1, 0.15) is 39.5 Å². The fourth-order valence-electron chi connectivity index (χ4n) is 1.77. The quantitative estimate of drug-likeness (QED) is 0.617. The highest BCUT2D eigenvalue weighted by Crippen LogP contribution is 2.39. The zero-order chi connectivity index (χ0) is 7.56. The van der Waals surface area contributed by atoms with Gasteiger partial charge in [-0.3, -0.25) is 0 Å². The minimum atomic E-state index is 0.814. The molecular formula is C9H17Br. The largest absolute Gasteiger partial charge is 0.0888 e. The van der Waals surface area contributed by atoms with Crippen molar-refractivity contribution in [3.8, 4) is 0 Å². The summed E-state index contributed by atoms with van der Waals surface area (Å²) < 4.78 is 0. The predicted molar refractivity (Wildman–Crippen MR) is 49.5 cm³/mol. The molecule has 0 saturated heterocycles. The van der Waals surface area contributed by atoms with Gasteiger partial charge in [-0.25, -0.2) is 0 Å². The first kappa shape index (κ1) is 8.58. The van der Waals surface area contributed by atoms with Gasteiger partial charge in [0.25, 0.3) is 0 Å². The molecule has 0 amide bonds. The standard InChI is InChI=1S/C9H17Br/c1-3-4-9(10)8-5-7(2)6-8/h7-9H,3-6H2,1-2H3. The third-order valence-corrected chi connectivity index (χ3v) is 3.69. The normalized spacial score (nSPS) is 35.1. The predicted octanol–water partition coefficient (Wildman–Crippen LogP) is 3.60. The molecule has 1 rings (SSSR count). The second kappa shape index (κ2) is 3.75. The van der Waals surface area contributed by atoms with Gasteiger partial charge in [-0.15, -0.1) is 0 Å². The Kier molecular flexibility index (Phi) is 3.22. The summed E-state index contributed by atoms with van der Waals surface area (Å²) in [5.74, 6) is 2.00. The molecule has 0 radical (unpaired) electrons. The lowest BCUT2D eigenvalue weighted by Gasteiger charge is -2.36. The van der Waals surface area contributed by atoms with Crippen LogP contribution in [0.25, 0.3) is 0 Å². The molecule has 0 aromatic carbocycles. The number of rotatable bonds is 3. The van der Waals surface area contributed by atoms with E-state index in [9.17, 15) is 0 Å². The molecule has 0 heterocycles. The van der Waals surface area contributed by atoms with Crippen LogP contribution in [0.3, 0.4) is 0 Å². The molecular weight excluding hydrogens is 188 g/mol. The second-order valence-electron chi connectivity index (χ2n) is 3.64. The van der Waals surface area contributed by atoms with Crippen molar-refractivity contribution in [1.29, 1.82) is 0 Å².